The zero-order valence-electron chi connectivity index (χ0n) is 16.6. The summed E-state index contributed by atoms with van der Waals surface area (Å²) in [4.78, 5) is 6.12. The molecule has 1 aromatic carbocycles. The van der Waals surface area contributed by atoms with E-state index in [-0.39, 0.29) is 6.04 Å². The lowest BCUT2D eigenvalue weighted by Crippen LogP contribution is -2.27. The molecule has 2 heterocycles. The van der Waals surface area contributed by atoms with Crippen molar-refractivity contribution < 1.29 is 8.32 Å². The number of nitrogens with zero attached hydrogens (tertiary/aromatic N) is 1. The summed E-state index contributed by atoms with van der Waals surface area (Å²) in [6.45, 7) is -1.38. The van der Waals surface area contributed by atoms with Crippen LogP contribution in [0.1, 0.15) is 53.4 Å². The van der Waals surface area contributed by atoms with Gasteiger partial charge in [0, 0.05) is 48.7 Å². The first kappa shape index (κ1) is 12.3. The number of rotatable bonds is 4. The number of nitrogens with one attached hydrogen (secondary N) is 1. The molecular weight excluding hydrogens is 304 g/mol. The first-order valence-electron chi connectivity index (χ1n) is 10.1. The number of aromatic amines is 1. The van der Waals surface area contributed by atoms with Crippen molar-refractivity contribution in [1.29, 1.82) is 0 Å². The van der Waals surface area contributed by atoms with Gasteiger partial charge in [-0.3, -0.25) is 4.21 Å². The van der Waals surface area contributed by atoms with Crippen LogP contribution in [0, 0.1) is 0 Å². The van der Waals surface area contributed by atoms with Crippen molar-refractivity contribution in [3.05, 3.63) is 29.5 Å². The molecule has 1 N–H and O–H groups in total. The molecule has 3 nitrogen and oxygen atoms in total. The quantitative estimate of drug-likeness (QED) is 0.923. The largest absolute Gasteiger partial charge is 0.358 e. The van der Waals surface area contributed by atoms with Gasteiger partial charge in [-0.25, -0.2) is 0 Å². The second-order valence-corrected chi connectivity index (χ2v) is 8.38. The van der Waals surface area contributed by atoms with Crippen molar-refractivity contribution in [2.24, 2.45) is 0 Å². The van der Waals surface area contributed by atoms with E-state index in [1.54, 1.807) is 11.2 Å². The fourth-order valence-corrected chi connectivity index (χ4v) is 4.52. The van der Waals surface area contributed by atoms with Gasteiger partial charge >= 0.3 is 0 Å². The topological polar surface area (TPSA) is 36.1 Å². The van der Waals surface area contributed by atoms with E-state index in [0.717, 1.165) is 35.1 Å². The van der Waals surface area contributed by atoms with Crippen LogP contribution in [0.4, 0.5) is 0 Å². The van der Waals surface area contributed by atoms with Gasteiger partial charge in [-0.1, -0.05) is 6.42 Å². The molecule has 1 aliphatic heterocycles. The molecule has 0 bridgehead atoms. The highest BCUT2D eigenvalue weighted by Crippen LogP contribution is 2.41. The number of likely N-dealkylation sites (tertiary alicyclic amines) is 1. The first-order valence-corrected chi connectivity index (χ1v) is 10.1. The summed E-state index contributed by atoms with van der Waals surface area (Å²) in [5, 5.41) is 1.12. The summed E-state index contributed by atoms with van der Waals surface area (Å²) in [7, 11) is -1.02. The Morgan fingerprint density at radius 1 is 1.35 bits per heavy atom. The fourth-order valence-electron chi connectivity index (χ4n) is 3.98. The van der Waals surface area contributed by atoms with Gasteiger partial charge < -0.3 is 9.88 Å². The van der Waals surface area contributed by atoms with Crippen molar-refractivity contribution in [3.8, 4) is 0 Å². The molecule has 23 heavy (non-hydrogen) atoms. The van der Waals surface area contributed by atoms with Crippen LogP contribution in [0.5, 0.6) is 0 Å². The number of hydrogen-bond acceptors (Lipinski definition) is 2. The van der Waals surface area contributed by atoms with Gasteiger partial charge in [0.25, 0.3) is 0 Å². The van der Waals surface area contributed by atoms with Crippen molar-refractivity contribution in [2.75, 3.05) is 19.8 Å². The number of benzene rings is 1. The standard InChI is InChI=1S/C19H26N2OS/c1-21-10-4-7-14(21)11-17-16-12-15(23(2)22)8-9-18(16)20-19(17)13-5-3-6-13/h8-9,12-14,20H,3-7,10-11H2,1-2H3/t14-,23?/m1/s1/i1D3. The summed E-state index contributed by atoms with van der Waals surface area (Å²) in [5.74, 6) is 0.551. The first-order chi connectivity index (χ1) is 12.3. The van der Waals surface area contributed by atoms with Crippen molar-refractivity contribution in [3.63, 3.8) is 0 Å². The zero-order chi connectivity index (χ0) is 18.5. The molecule has 1 unspecified atom stereocenters. The van der Waals surface area contributed by atoms with Crippen LogP contribution in [0.25, 0.3) is 10.9 Å². The third kappa shape index (κ3) is 2.76. The molecule has 124 valence electrons. The van der Waals surface area contributed by atoms with E-state index in [0.29, 0.717) is 12.5 Å². The van der Waals surface area contributed by atoms with Gasteiger partial charge in [0.15, 0.2) is 0 Å². The Morgan fingerprint density at radius 3 is 2.91 bits per heavy atom. The minimum absolute atomic E-state index is 0.0520. The van der Waals surface area contributed by atoms with Crippen molar-refractivity contribution in [2.45, 2.75) is 55.4 Å². The molecule has 0 spiro atoms. The van der Waals surface area contributed by atoms with Gasteiger partial charge in [-0.05, 0) is 75.3 Å². The Labute approximate surface area is 145 Å². The van der Waals surface area contributed by atoms with E-state index in [1.807, 2.05) is 18.2 Å². The Morgan fingerprint density at radius 2 is 2.22 bits per heavy atom. The monoisotopic (exact) mass is 333 g/mol. The second-order valence-electron chi connectivity index (χ2n) is 7.00. The lowest BCUT2D eigenvalue weighted by molar-refractivity contribution is 0.308. The maximum Gasteiger partial charge on any atom is 0.0498 e. The normalized spacial score (nSPS) is 26.7. The highest BCUT2D eigenvalue weighted by atomic mass is 32.2. The van der Waals surface area contributed by atoms with E-state index >= 15 is 0 Å². The average molecular weight is 334 g/mol. The average Bonchev–Trinajstić information content (AvgIpc) is 3.11. The van der Waals surface area contributed by atoms with Crippen LogP contribution in [-0.2, 0) is 17.2 Å². The highest BCUT2D eigenvalue weighted by Gasteiger charge is 2.29. The molecule has 1 saturated carbocycles. The third-order valence-electron chi connectivity index (χ3n) is 5.57. The number of H-pyrrole nitrogens is 1. The van der Waals surface area contributed by atoms with E-state index in [2.05, 4.69) is 4.98 Å². The van der Waals surface area contributed by atoms with Crippen LogP contribution >= 0.6 is 0 Å². The maximum atomic E-state index is 12.0. The Balaban J connectivity index is 1.76. The molecule has 2 aliphatic rings. The minimum atomic E-state index is -2.03. The molecule has 4 rings (SSSR count). The lowest BCUT2D eigenvalue weighted by atomic mass is 9.80. The predicted octanol–water partition coefficient (Wildman–Crippen LogP) is 3.81. The van der Waals surface area contributed by atoms with Crippen LogP contribution in [-0.4, -0.2) is 39.9 Å². The van der Waals surface area contributed by atoms with Crippen LogP contribution in [0.15, 0.2) is 23.1 Å². The minimum Gasteiger partial charge on any atom is -0.358 e. The van der Waals surface area contributed by atoms with Crippen molar-refractivity contribution >= 4 is 21.7 Å². The zero-order valence-corrected chi connectivity index (χ0v) is 14.4. The summed E-state index contributed by atoms with van der Waals surface area (Å²) in [6.07, 6.45) is 7.97. The smallest absolute Gasteiger partial charge is 0.0498 e. The fraction of sp³-hybridized carbons (Fsp3) is 0.579. The molecule has 1 aliphatic carbocycles. The molecule has 2 fully saturated rings. The third-order valence-corrected chi connectivity index (χ3v) is 6.49. The number of aromatic nitrogens is 1. The van der Waals surface area contributed by atoms with Gasteiger partial charge in [0.2, 0.25) is 0 Å². The predicted molar refractivity (Wildman–Crippen MR) is 96.6 cm³/mol. The molecule has 2 aromatic rings. The second kappa shape index (κ2) is 6.06. The number of likely N-dealkylation sites (N-methyl/N-ethyl adjacent to an activating group) is 1. The lowest BCUT2D eigenvalue weighted by Gasteiger charge is -2.27. The Bertz CT molecular complexity index is 841. The molecule has 4 heteroatoms. The van der Waals surface area contributed by atoms with Crippen LogP contribution in [0.2, 0.25) is 0 Å². The molecule has 0 amide bonds. The highest BCUT2D eigenvalue weighted by molar-refractivity contribution is 7.84. The Kier molecular flexibility index (Phi) is 3.23. The van der Waals surface area contributed by atoms with E-state index < -0.39 is 17.8 Å². The van der Waals surface area contributed by atoms with E-state index in [4.69, 9.17) is 4.11 Å². The van der Waals surface area contributed by atoms with E-state index in [9.17, 15) is 4.21 Å². The summed E-state index contributed by atoms with van der Waals surface area (Å²) in [5.41, 5.74) is 3.61. The van der Waals surface area contributed by atoms with E-state index in [1.165, 1.54) is 30.5 Å². The molecule has 1 saturated heterocycles. The van der Waals surface area contributed by atoms with Crippen LogP contribution in [0.3, 0.4) is 0 Å². The molecule has 1 aromatic heterocycles. The summed E-state index contributed by atoms with van der Waals surface area (Å²) < 4.78 is 35.5. The maximum absolute atomic E-state index is 12.0. The van der Waals surface area contributed by atoms with Gasteiger partial charge in [-0.15, -0.1) is 0 Å². The molecule has 0 radical (unpaired) electrons. The summed E-state index contributed by atoms with van der Waals surface area (Å²) in [6, 6.07) is 6.03. The van der Waals surface area contributed by atoms with Gasteiger partial charge in [0.1, 0.15) is 0 Å². The molecular formula is C19H26N2OS. The van der Waals surface area contributed by atoms with Gasteiger partial charge in [-0.2, -0.15) is 0 Å². The SMILES string of the molecule is [2H]C([2H])([2H])N1CCC[C@@H]1Cc1c(C2CCC2)[nH]c2ccc(S(C)=O)cc12. The number of hydrogen-bond donors (Lipinski definition) is 1. The molecule has 2 atom stereocenters. The van der Waals surface area contributed by atoms with Crippen LogP contribution < -0.4 is 0 Å². The van der Waals surface area contributed by atoms with Crippen molar-refractivity contribution in [1.82, 2.24) is 9.88 Å². The van der Waals surface area contributed by atoms with Gasteiger partial charge in [0.05, 0.1) is 0 Å². The number of fused-ring (bicyclic) bond motifs is 1. The summed E-state index contributed by atoms with van der Waals surface area (Å²) >= 11 is 0. The Hall–Kier alpha value is -1.13.